The van der Waals surface area contributed by atoms with Crippen molar-refractivity contribution in [2.75, 3.05) is 32.8 Å². The lowest BCUT2D eigenvalue weighted by Gasteiger charge is -2.37. The zero-order valence-corrected chi connectivity index (χ0v) is 21.6. The van der Waals surface area contributed by atoms with Gasteiger partial charge in [-0.25, -0.2) is 0 Å². The Morgan fingerprint density at radius 1 is 1.00 bits per heavy atom. The number of benzene rings is 2. The molecule has 2 aromatic carbocycles. The molecule has 35 heavy (non-hydrogen) atoms. The number of hydrogen-bond acceptors (Lipinski definition) is 4. The normalized spacial score (nSPS) is 14.3. The molecule has 1 fully saturated rings. The van der Waals surface area contributed by atoms with Crippen molar-refractivity contribution in [1.29, 1.82) is 0 Å². The SMILES string of the molecule is CCN(CC)C1CCN(C(=O)CCCCCOc2cc(C)ccc2-c2ccccc2C(N)=O)CC1. The number of carbonyl (C=O) groups excluding carboxylic acids is 2. The van der Waals surface area contributed by atoms with Gasteiger partial charge in [0.05, 0.1) is 6.61 Å². The van der Waals surface area contributed by atoms with Crippen LogP contribution < -0.4 is 10.5 Å². The number of nitrogens with two attached hydrogens (primary N) is 1. The molecular weight excluding hydrogens is 438 g/mol. The number of primary amides is 1. The summed E-state index contributed by atoms with van der Waals surface area (Å²) in [7, 11) is 0. The summed E-state index contributed by atoms with van der Waals surface area (Å²) in [6.07, 6.45) is 5.47. The van der Waals surface area contributed by atoms with Gasteiger partial charge in [0, 0.05) is 36.7 Å². The predicted molar refractivity (Wildman–Crippen MR) is 142 cm³/mol. The third-order valence-electron chi connectivity index (χ3n) is 7.06. The van der Waals surface area contributed by atoms with E-state index < -0.39 is 5.91 Å². The molecule has 190 valence electrons. The first-order valence-electron chi connectivity index (χ1n) is 13.1. The fraction of sp³-hybridized carbons (Fsp3) is 0.517. The highest BCUT2D eigenvalue weighted by Crippen LogP contribution is 2.33. The molecule has 1 saturated heterocycles. The summed E-state index contributed by atoms with van der Waals surface area (Å²) >= 11 is 0. The minimum atomic E-state index is -0.450. The lowest BCUT2D eigenvalue weighted by atomic mass is 9.97. The van der Waals surface area contributed by atoms with Crippen molar-refractivity contribution in [2.45, 2.75) is 65.3 Å². The van der Waals surface area contributed by atoms with Gasteiger partial charge in [-0.1, -0.05) is 44.2 Å². The van der Waals surface area contributed by atoms with E-state index in [1.165, 1.54) is 0 Å². The number of unbranched alkanes of at least 4 members (excludes halogenated alkanes) is 2. The predicted octanol–water partition coefficient (Wildman–Crippen LogP) is 5.03. The average Bonchev–Trinajstić information content (AvgIpc) is 2.87. The smallest absolute Gasteiger partial charge is 0.249 e. The second kappa shape index (κ2) is 13.3. The Kier molecular flexibility index (Phi) is 10.2. The molecule has 0 atom stereocenters. The molecule has 2 N–H and O–H groups in total. The van der Waals surface area contributed by atoms with E-state index in [2.05, 4.69) is 18.7 Å². The van der Waals surface area contributed by atoms with Gasteiger partial charge in [0.15, 0.2) is 0 Å². The van der Waals surface area contributed by atoms with Crippen LogP contribution in [0, 0.1) is 6.92 Å². The largest absolute Gasteiger partial charge is 0.493 e. The summed E-state index contributed by atoms with van der Waals surface area (Å²) in [4.78, 5) is 29.1. The Labute approximate surface area is 210 Å². The first-order chi connectivity index (χ1) is 16.9. The van der Waals surface area contributed by atoms with Gasteiger partial charge in [0.2, 0.25) is 11.8 Å². The Bertz CT molecular complexity index is 979. The zero-order valence-electron chi connectivity index (χ0n) is 21.6. The lowest BCUT2D eigenvalue weighted by molar-refractivity contribution is -0.132. The van der Waals surface area contributed by atoms with E-state index in [0.29, 0.717) is 24.6 Å². The summed E-state index contributed by atoms with van der Waals surface area (Å²) < 4.78 is 6.13. The van der Waals surface area contributed by atoms with E-state index in [1.54, 1.807) is 6.07 Å². The maximum Gasteiger partial charge on any atom is 0.249 e. The first-order valence-corrected chi connectivity index (χ1v) is 13.1. The maximum atomic E-state index is 12.6. The molecule has 0 radical (unpaired) electrons. The van der Waals surface area contributed by atoms with Crippen LogP contribution in [0.5, 0.6) is 5.75 Å². The summed E-state index contributed by atoms with van der Waals surface area (Å²) in [5, 5.41) is 0. The summed E-state index contributed by atoms with van der Waals surface area (Å²) in [5.74, 6) is 0.591. The van der Waals surface area contributed by atoms with Crippen molar-refractivity contribution >= 4 is 11.8 Å². The van der Waals surface area contributed by atoms with Crippen LogP contribution in [0.25, 0.3) is 11.1 Å². The minimum absolute atomic E-state index is 0.285. The highest BCUT2D eigenvalue weighted by molar-refractivity contribution is 6.00. The minimum Gasteiger partial charge on any atom is -0.493 e. The van der Waals surface area contributed by atoms with Gasteiger partial charge in [-0.15, -0.1) is 0 Å². The zero-order chi connectivity index (χ0) is 25.2. The van der Waals surface area contributed by atoms with Gasteiger partial charge in [0.25, 0.3) is 0 Å². The summed E-state index contributed by atoms with van der Waals surface area (Å²) in [6, 6.07) is 14.0. The molecule has 2 amide bonds. The standard InChI is InChI=1S/C29H41N3O3/c1-4-31(5-2)23-16-18-32(19-17-23)28(33)13-7-6-10-20-35-27-21-22(3)14-15-25(27)24-11-8-9-12-26(24)29(30)34/h8-9,11-12,14-15,21,23H,4-7,10,13,16-20H2,1-3H3,(H2,30,34). The van der Waals surface area contributed by atoms with Gasteiger partial charge in [0.1, 0.15) is 5.75 Å². The number of hydrogen-bond donors (Lipinski definition) is 1. The Morgan fingerprint density at radius 2 is 1.71 bits per heavy atom. The van der Waals surface area contributed by atoms with Crippen molar-refractivity contribution in [3.05, 3.63) is 53.6 Å². The van der Waals surface area contributed by atoms with E-state index in [1.807, 2.05) is 48.2 Å². The van der Waals surface area contributed by atoms with Gasteiger partial charge >= 0.3 is 0 Å². The van der Waals surface area contributed by atoms with Crippen molar-refractivity contribution in [3.63, 3.8) is 0 Å². The molecule has 0 unspecified atom stereocenters. The Morgan fingerprint density at radius 3 is 2.40 bits per heavy atom. The second-order valence-electron chi connectivity index (χ2n) is 9.40. The quantitative estimate of drug-likeness (QED) is 0.433. The van der Waals surface area contributed by atoms with Crippen LogP contribution in [0.3, 0.4) is 0 Å². The van der Waals surface area contributed by atoms with E-state index in [-0.39, 0.29) is 5.91 Å². The first kappa shape index (κ1) is 26.7. The number of amides is 2. The van der Waals surface area contributed by atoms with E-state index >= 15 is 0 Å². The number of likely N-dealkylation sites (tertiary alicyclic amines) is 1. The van der Waals surface area contributed by atoms with Crippen LogP contribution >= 0.6 is 0 Å². The molecule has 0 saturated carbocycles. The lowest BCUT2D eigenvalue weighted by Crippen LogP contribution is -2.46. The Hall–Kier alpha value is -2.86. The fourth-order valence-corrected chi connectivity index (χ4v) is 5.02. The molecule has 2 aromatic rings. The average molecular weight is 480 g/mol. The fourth-order valence-electron chi connectivity index (χ4n) is 5.02. The molecule has 0 aromatic heterocycles. The number of rotatable bonds is 12. The van der Waals surface area contributed by atoms with Crippen molar-refractivity contribution in [2.24, 2.45) is 5.73 Å². The molecule has 6 nitrogen and oxygen atoms in total. The molecular formula is C29H41N3O3. The highest BCUT2D eigenvalue weighted by Gasteiger charge is 2.25. The third kappa shape index (κ3) is 7.31. The van der Waals surface area contributed by atoms with Gasteiger partial charge in [-0.3, -0.25) is 9.59 Å². The van der Waals surface area contributed by atoms with E-state index in [4.69, 9.17) is 10.5 Å². The molecule has 0 bridgehead atoms. The monoisotopic (exact) mass is 479 g/mol. The van der Waals surface area contributed by atoms with Gasteiger partial charge in [-0.05, 0) is 75.4 Å². The van der Waals surface area contributed by atoms with Gasteiger partial charge in [-0.2, -0.15) is 0 Å². The van der Waals surface area contributed by atoms with E-state index in [0.717, 1.165) is 80.7 Å². The molecule has 1 heterocycles. The van der Waals surface area contributed by atoms with Crippen LogP contribution in [0.2, 0.25) is 0 Å². The van der Waals surface area contributed by atoms with Crippen molar-refractivity contribution in [1.82, 2.24) is 9.80 Å². The van der Waals surface area contributed by atoms with Crippen LogP contribution in [0.15, 0.2) is 42.5 Å². The molecule has 3 rings (SSSR count). The van der Waals surface area contributed by atoms with E-state index in [9.17, 15) is 9.59 Å². The van der Waals surface area contributed by atoms with Crippen LogP contribution in [-0.4, -0.2) is 60.4 Å². The number of nitrogens with zero attached hydrogens (tertiary/aromatic N) is 2. The topological polar surface area (TPSA) is 75.9 Å². The highest BCUT2D eigenvalue weighted by atomic mass is 16.5. The van der Waals surface area contributed by atoms with Crippen LogP contribution in [0.4, 0.5) is 0 Å². The number of aryl methyl sites for hydroxylation is 1. The molecule has 6 heteroatoms. The second-order valence-corrected chi connectivity index (χ2v) is 9.40. The maximum absolute atomic E-state index is 12.6. The van der Waals surface area contributed by atoms with Gasteiger partial charge < -0.3 is 20.3 Å². The molecule has 1 aliphatic rings. The summed E-state index contributed by atoms with van der Waals surface area (Å²) in [6.45, 7) is 10.9. The van der Waals surface area contributed by atoms with Crippen LogP contribution in [-0.2, 0) is 4.79 Å². The number of piperidine rings is 1. The van der Waals surface area contributed by atoms with Crippen LogP contribution in [0.1, 0.15) is 68.3 Å². The summed E-state index contributed by atoms with van der Waals surface area (Å²) in [5.41, 5.74) is 8.82. The number of carbonyl (C=O) groups is 2. The molecule has 0 aliphatic carbocycles. The van der Waals surface area contributed by atoms with Crippen molar-refractivity contribution < 1.29 is 14.3 Å². The number of ether oxygens (including phenoxy) is 1. The van der Waals surface area contributed by atoms with Crippen molar-refractivity contribution in [3.8, 4) is 16.9 Å². The molecule has 0 spiro atoms. The molecule has 1 aliphatic heterocycles. The third-order valence-corrected chi connectivity index (χ3v) is 7.06. The Balaban J connectivity index is 1.44.